The molecule has 0 aliphatic heterocycles. The predicted octanol–water partition coefficient (Wildman–Crippen LogP) is 3.31. The van der Waals surface area contributed by atoms with Crippen LogP contribution >= 0.6 is 11.9 Å². The predicted molar refractivity (Wildman–Crippen MR) is 80.7 cm³/mol. The van der Waals surface area contributed by atoms with Crippen molar-refractivity contribution in [2.45, 2.75) is 6.92 Å². The highest BCUT2D eigenvalue weighted by Crippen LogP contribution is 2.24. The molecule has 0 saturated carbocycles. The molecule has 0 bridgehead atoms. The Morgan fingerprint density at radius 2 is 1.85 bits per heavy atom. The van der Waals surface area contributed by atoms with Gasteiger partial charge in [-0.2, -0.15) is 4.83 Å². The van der Waals surface area contributed by atoms with Gasteiger partial charge in [-0.1, -0.05) is 42.3 Å². The van der Waals surface area contributed by atoms with Crippen LogP contribution in [0.4, 0.5) is 4.39 Å². The summed E-state index contributed by atoms with van der Waals surface area (Å²) in [6.45, 7) is 1.65. The minimum absolute atomic E-state index is 0.0328. The molecule has 0 aliphatic rings. The minimum Gasteiger partial charge on any atom is -0.277 e. The average molecular weight is 290 g/mol. The zero-order valence-electron chi connectivity index (χ0n) is 11.2. The number of rotatable bonds is 4. The van der Waals surface area contributed by atoms with Crippen molar-refractivity contribution < 1.29 is 9.18 Å². The normalized spacial score (nSPS) is 10.3. The molecule has 0 saturated heterocycles. The highest BCUT2D eigenvalue weighted by atomic mass is 32.2. The first-order valence-corrected chi connectivity index (χ1v) is 7.30. The first kappa shape index (κ1) is 14.6. The lowest BCUT2D eigenvalue weighted by Crippen LogP contribution is -2.33. The maximum absolute atomic E-state index is 14.1. The highest BCUT2D eigenvalue weighted by Gasteiger charge is 2.15. The summed E-state index contributed by atoms with van der Waals surface area (Å²) < 4.78 is 14.1. The number of halogens is 1. The van der Waals surface area contributed by atoms with Crippen LogP contribution in [-0.4, -0.2) is 12.2 Å². The summed E-state index contributed by atoms with van der Waals surface area (Å²) in [6.07, 6.45) is 1.77. The molecule has 0 aliphatic carbocycles. The lowest BCUT2D eigenvalue weighted by atomic mass is 9.99. The van der Waals surface area contributed by atoms with Gasteiger partial charge >= 0.3 is 0 Å². The van der Waals surface area contributed by atoms with Crippen LogP contribution in [0.5, 0.6) is 0 Å². The fourth-order valence-corrected chi connectivity index (χ4v) is 2.09. The van der Waals surface area contributed by atoms with E-state index in [0.717, 1.165) is 11.1 Å². The molecule has 2 rings (SSSR count). The fraction of sp³-hybridized carbons (Fsp3) is 0.133. The molecular weight excluding hydrogens is 275 g/mol. The van der Waals surface area contributed by atoms with Crippen molar-refractivity contribution in [1.82, 2.24) is 10.3 Å². The summed E-state index contributed by atoms with van der Waals surface area (Å²) in [5, 5.41) is 0. The Labute approximate surface area is 121 Å². The van der Waals surface area contributed by atoms with Crippen LogP contribution in [-0.2, 0) is 0 Å². The highest BCUT2D eigenvalue weighted by molar-refractivity contribution is 7.96. The molecular formula is C15H15FN2OS. The lowest BCUT2D eigenvalue weighted by molar-refractivity contribution is 0.0943. The molecule has 0 unspecified atom stereocenters. The molecule has 1 amide bonds. The molecule has 5 heteroatoms. The minimum atomic E-state index is -0.495. The summed E-state index contributed by atoms with van der Waals surface area (Å²) in [5.41, 5.74) is 4.67. The molecule has 0 radical (unpaired) electrons. The first-order chi connectivity index (χ1) is 9.63. The molecule has 0 aromatic heterocycles. The van der Waals surface area contributed by atoms with Crippen LogP contribution in [0.3, 0.4) is 0 Å². The van der Waals surface area contributed by atoms with Crippen molar-refractivity contribution in [2.75, 3.05) is 6.26 Å². The van der Waals surface area contributed by atoms with Crippen molar-refractivity contribution >= 4 is 17.9 Å². The van der Waals surface area contributed by atoms with Gasteiger partial charge in [0.1, 0.15) is 5.82 Å². The maximum atomic E-state index is 14.1. The van der Waals surface area contributed by atoms with Crippen LogP contribution in [0.2, 0.25) is 0 Å². The monoisotopic (exact) mass is 290 g/mol. The standard InChI is InChI=1S/C15H15FN2OS/c1-10-8-12(11-6-4-3-5-7-11)9-13(14(10)16)15(19)17-18-20-2/h3-9,18H,1-2H3,(H,17,19). The second-order valence-corrected chi connectivity index (χ2v) is 4.89. The summed E-state index contributed by atoms with van der Waals surface area (Å²) in [5.74, 6) is -0.984. The van der Waals surface area contributed by atoms with E-state index in [1.807, 2.05) is 30.3 Å². The van der Waals surface area contributed by atoms with Gasteiger partial charge in [-0.25, -0.2) is 4.39 Å². The Morgan fingerprint density at radius 1 is 1.15 bits per heavy atom. The van der Waals surface area contributed by atoms with Crippen LogP contribution < -0.4 is 10.3 Å². The van der Waals surface area contributed by atoms with Gasteiger partial charge in [0.25, 0.3) is 5.91 Å². The Kier molecular flexibility index (Phi) is 4.76. The molecule has 0 spiro atoms. The molecule has 104 valence electrons. The Balaban J connectivity index is 2.42. The van der Waals surface area contributed by atoms with Gasteiger partial charge in [-0.05, 0) is 42.0 Å². The van der Waals surface area contributed by atoms with E-state index >= 15 is 0 Å². The number of carbonyl (C=O) groups is 1. The van der Waals surface area contributed by atoms with E-state index < -0.39 is 11.7 Å². The largest absolute Gasteiger partial charge is 0.277 e. The summed E-state index contributed by atoms with van der Waals surface area (Å²) >= 11 is 1.23. The van der Waals surface area contributed by atoms with Crippen molar-refractivity contribution in [3.63, 3.8) is 0 Å². The fourth-order valence-electron chi connectivity index (χ4n) is 1.90. The van der Waals surface area contributed by atoms with Gasteiger partial charge in [0, 0.05) is 0 Å². The van der Waals surface area contributed by atoms with E-state index in [1.54, 1.807) is 25.3 Å². The third kappa shape index (κ3) is 3.18. The lowest BCUT2D eigenvalue weighted by Gasteiger charge is -2.10. The Hall–Kier alpha value is -1.85. The second kappa shape index (κ2) is 6.54. The number of amides is 1. The summed E-state index contributed by atoms with van der Waals surface area (Å²) in [7, 11) is 0. The van der Waals surface area contributed by atoms with Crippen molar-refractivity contribution in [3.8, 4) is 11.1 Å². The molecule has 20 heavy (non-hydrogen) atoms. The summed E-state index contributed by atoms with van der Waals surface area (Å²) in [6, 6.07) is 12.9. The van der Waals surface area contributed by atoms with E-state index in [4.69, 9.17) is 0 Å². The number of hydrogen-bond acceptors (Lipinski definition) is 3. The molecule has 2 aromatic rings. The van der Waals surface area contributed by atoms with E-state index in [9.17, 15) is 9.18 Å². The number of nitrogens with one attached hydrogen (secondary N) is 2. The van der Waals surface area contributed by atoms with Crippen molar-refractivity contribution in [2.24, 2.45) is 0 Å². The Morgan fingerprint density at radius 3 is 2.50 bits per heavy atom. The van der Waals surface area contributed by atoms with E-state index in [0.29, 0.717) is 5.56 Å². The molecule has 0 fully saturated rings. The quantitative estimate of drug-likeness (QED) is 0.670. The topological polar surface area (TPSA) is 41.1 Å². The van der Waals surface area contributed by atoms with Gasteiger partial charge in [-0.15, -0.1) is 0 Å². The number of aryl methyl sites for hydroxylation is 1. The van der Waals surface area contributed by atoms with Crippen molar-refractivity contribution in [1.29, 1.82) is 0 Å². The van der Waals surface area contributed by atoms with Gasteiger partial charge in [0.15, 0.2) is 0 Å². The summed E-state index contributed by atoms with van der Waals surface area (Å²) in [4.78, 5) is 14.5. The van der Waals surface area contributed by atoms with Crippen LogP contribution in [0, 0.1) is 12.7 Å². The second-order valence-electron chi connectivity index (χ2n) is 4.28. The smallest absolute Gasteiger partial charge is 0.269 e. The van der Waals surface area contributed by atoms with E-state index in [2.05, 4.69) is 10.3 Å². The van der Waals surface area contributed by atoms with Gasteiger partial charge in [0.2, 0.25) is 0 Å². The molecule has 2 aromatic carbocycles. The average Bonchev–Trinajstić information content (AvgIpc) is 2.48. The molecule has 2 N–H and O–H groups in total. The number of benzene rings is 2. The maximum Gasteiger partial charge on any atom is 0.269 e. The van der Waals surface area contributed by atoms with Gasteiger partial charge < -0.3 is 0 Å². The molecule has 0 heterocycles. The Bertz CT molecular complexity index is 617. The van der Waals surface area contributed by atoms with Crippen LogP contribution in [0.1, 0.15) is 15.9 Å². The van der Waals surface area contributed by atoms with Crippen molar-refractivity contribution in [3.05, 3.63) is 59.4 Å². The first-order valence-electron chi connectivity index (χ1n) is 6.07. The number of hydrazine groups is 1. The zero-order valence-corrected chi connectivity index (χ0v) is 12.1. The SMILES string of the molecule is CSNNC(=O)c1cc(-c2ccccc2)cc(C)c1F. The molecule has 3 nitrogen and oxygen atoms in total. The third-order valence-electron chi connectivity index (χ3n) is 2.87. The third-order valence-corrected chi connectivity index (χ3v) is 3.18. The number of hydrogen-bond donors (Lipinski definition) is 2. The van der Waals surface area contributed by atoms with E-state index in [1.165, 1.54) is 11.9 Å². The van der Waals surface area contributed by atoms with E-state index in [-0.39, 0.29) is 5.56 Å². The zero-order chi connectivity index (χ0) is 14.5. The van der Waals surface area contributed by atoms with Crippen LogP contribution in [0.25, 0.3) is 11.1 Å². The number of carbonyl (C=O) groups excluding carboxylic acids is 1. The van der Waals surface area contributed by atoms with Gasteiger partial charge in [0.05, 0.1) is 5.56 Å². The van der Waals surface area contributed by atoms with Gasteiger partial charge in [-0.3, -0.25) is 10.2 Å². The van der Waals surface area contributed by atoms with Crippen LogP contribution in [0.15, 0.2) is 42.5 Å². The molecule has 0 atom stereocenters.